The maximum atomic E-state index is 13.2. The van der Waals surface area contributed by atoms with E-state index in [0.717, 1.165) is 25.7 Å². The lowest BCUT2D eigenvalue weighted by Crippen LogP contribution is -2.63. The van der Waals surface area contributed by atoms with E-state index in [1.807, 2.05) is 0 Å². The number of carbonyl (C=O) groups is 3. The highest BCUT2D eigenvalue weighted by molar-refractivity contribution is 6.05. The van der Waals surface area contributed by atoms with Crippen molar-refractivity contribution in [1.29, 1.82) is 0 Å². The minimum Gasteiger partial charge on any atom is -0.497 e. The summed E-state index contributed by atoms with van der Waals surface area (Å²) in [6.45, 7) is 1.92. The van der Waals surface area contributed by atoms with Gasteiger partial charge in [-0.1, -0.05) is 25.3 Å². The van der Waals surface area contributed by atoms with E-state index < -0.39 is 11.4 Å². The summed E-state index contributed by atoms with van der Waals surface area (Å²) >= 11 is 0. The third-order valence-corrected chi connectivity index (χ3v) is 6.49. The molecule has 9 nitrogen and oxygen atoms in total. The maximum absolute atomic E-state index is 13.2. The molecule has 1 aromatic heterocycles. The van der Waals surface area contributed by atoms with Gasteiger partial charge >= 0.3 is 0 Å². The van der Waals surface area contributed by atoms with Crippen molar-refractivity contribution in [1.82, 2.24) is 20.0 Å². The number of hydrogen-bond donors (Lipinski definition) is 2. The number of hydrogen-bond acceptors (Lipinski definition) is 5. The molecule has 1 atom stereocenters. The molecule has 1 aromatic carbocycles. The second-order valence-corrected chi connectivity index (χ2v) is 8.70. The normalized spacial score (nSPS) is 21.1. The first-order chi connectivity index (χ1) is 15.3. The fourth-order valence-corrected chi connectivity index (χ4v) is 4.32. The van der Waals surface area contributed by atoms with Crippen molar-refractivity contribution in [2.75, 3.05) is 19.5 Å². The van der Waals surface area contributed by atoms with E-state index in [1.165, 1.54) is 22.1 Å². The second-order valence-electron chi connectivity index (χ2n) is 8.70. The Bertz CT molecular complexity index is 1040. The average molecular weight is 440 g/mol. The molecule has 9 heteroatoms. The molecule has 2 heterocycles. The average Bonchev–Trinajstić information content (AvgIpc) is 3.22. The Morgan fingerprint density at radius 2 is 1.94 bits per heavy atom. The molecule has 1 saturated carbocycles. The van der Waals surface area contributed by atoms with Crippen LogP contribution in [0.15, 0.2) is 30.3 Å². The van der Waals surface area contributed by atoms with Crippen molar-refractivity contribution in [2.45, 2.75) is 57.2 Å². The van der Waals surface area contributed by atoms with Gasteiger partial charge in [-0.25, -0.2) is 0 Å². The van der Waals surface area contributed by atoms with Gasteiger partial charge in [0.05, 0.1) is 13.7 Å². The highest BCUT2D eigenvalue weighted by Crippen LogP contribution is 2.27. The Balaban J connectivity index is 1.53. The number of nitrogens with zero attached hydrogens (tertiary/aromatic N) is 3. The number of likely N-dealkylation sites (N-methyl/N-ethyl adjacent to an activating group) is 1. The van der Waals surface area contributed by atoms with Gasteiger partial charge in [-0.05, 0) is 31.9 Å². The Morgan fingerprint density at radius 1 is 1.19 bits per heavy atom. The van der Waals surface area contributed by atoms with Crippen LogP contribution >= 0.6 is 0 Å². The standard InChI is InChI=1S/C23H29N5O4/c1-23(22(31)25-15-8-5-4-6-9-15)14-28-19(21(30)27(23)2)13-18(26-28)20(29)24-16-10-7-11-17(12-16)32-3/h7,10-13,15H,4-6,8-9,14H2,1-3H3,(H,24,29)(H,25,31)/t23-/m1/s1. The lowest BCUT2D eigenvalue weighted by molar-refractivity contribution is -0.133. The molecule has 1 fully saturated rings. The summed E-state index contributed by atoms with van der Waals surface area (Å²) in [5.74, 6) is -0.360. The molecular formula is C23H29N5O4. The van der Waals surface area contributed by atoms with Crippen LogP contribution < -0.4 is 15.4 Å². The van der Waals surface area contributed by atoms with Crippen LogP contribution in [0.2, 0.25) is 0 Å². The number of ether oxygens (including phenoxy) is 1. The van der Waals surface area contributed by atoms with Crippen LogP contribution in [0.4, 0.5) is 5.69 Å². The summed E-state index contributed by atoms with van der Waals surface area (Å²) in [5.41, 5.74) is -0.137. The van der Waals surface area contributed by atoms with Crippen LogP contribution in [0.5, 0.6) is 5.75 Å². The molecule has 1 aliphatic heterocycles. The Hall–Kier alpha value is -3.36. The number of fused-ring (bicyclic) bond motifs is 1. The van der Waals surface area contributed by atoms with Gasteiger partial charge in [0.15, 0.2) is 5.69 Å². The summed E-state index contributed by atoms with van der Waals surface area (Å²) < 4.78 is 6.64. The van der Waals surface area contributed by atoms with E-state index in [4.69, 9.17) is 4.74 Å². The number of aromatic nitrogens is 2. The zero-order chi connectivity index (χ0) is 22.9. The van der Waals surface area contributed by atoms with Crippen LogP contribution in [0, 0.1) is 0 Å². The third-order valence-electron chi connectivity index (χ3n) is 6.49. The first-order valence-electron chi connectivity index (χ1n) is 10.9. The number of benzene rings is 1. The predicted octanol–water partition coefficient (Wildman–Crippen LogP) is 2.44. The second kappa shape index (κ2) is 8.64. The first kappa shape index (κ1) is 21.9. The van der Waals surface area contributed by atoms with Crippen LogP contribution in [-0.4, -0.2) is 58.1 Å². The van der Waals surface area contributed by atoms with Crippen LogP contribution in [-0.2, 0) is 11.3 Å². The molecule has 2 N–H and O–H groups in total. The molecule has 2 aliphatic rings. The van der Waals surface area contributed by atoms with Gasteiger partial charge in [0, 0.05) is 30.9 Å². The van der Waals surface area contributed by atoms with E-state index >= 15 is 0 Å². The van der Waals surface area contributed by atoms with E-state index in [2.05, 4.69) is 15.7 Å². The maximum Gasteiger partial charge on any atom is 0.276 e. The molecule has 1 aliphatic carbocycles. The van der Waals surface area contributed by atoms with E-state index in [0.29, 0.717) is 11.4 Å². The van der Waals surface area contributed by atoms with Crippen molar-refractivity contribution < 1.29 is 19.1 Å². The number of nitrogens with one attached hydrogen (secondary N) is 2. The number of methoxy groups -OCH3 is 1. The van der Waals surface area contributed by atoms with Crippen LogP contribution in [0.3, 0.4) is 0 Å². The topological polar surface area (TPSA) is 106 Å². The molecule has 4 rings (SSSR count). The largest absolute Gasteiger partial charge is 0.497 e. The monoisotopic (exact) mass is 439 g/mol. The van der Waals surface area contributed by atoms with Gasteiger partial charge in [-0.2, -0.15) is 5.10 Å². The molecule has 0 radical (unpaired) electrons. The molecule has 0 saturated heterocycles. The third kappa shape index (κ3) is 4.06. The molecule has 0 unspecified atom stereocenters. The Morgan fingerprint density at radius 3 is 2.66 bits per heavy atom. The van der Waals surface area contributed by atoms with Gasteiger partial charge in [-0.15, -0.1) is 0 Å². The van der Waals surface area contributed by atoms with E-state index in [-0.39, 0.29) is 35.8 Å². The Kier molecular flexibility index (Phi) is 5.90. The fourth-order valence-electron chi connectivity index (χ4n) is 4.32. The number of carbonyl (C=O) groups excluding carboxylic acids is 3. The predicted molar refractivity (Wildman–Crippen MR) is 119 cm³/mol. The first-order valence-corrected chi connectivity index (χ1v) is 10.9. The summed E-state index contributed by atoms with van der Waals surface area (Å²) in [5, 5.41) is 10.2. The molecule has 0 spiro atoms. The quantitative estimate of drug-likeness (QED) is 0.744. The van der Waals surface area contributed by atoms with Crippen molar-refractivity contribution in [2.24, 2.45) is 0 Å². The molecular weight excluding hydrogens is 410 g/mol. The van der Waals surface area contributed by atoms with Gasteiger partial charge in [0.2, 0.25) is 5.91 Å². The highest BCUT2D eigenvalue weighted by Gasteiger charge is 2.46. The van der Waals surface area contributed by atoms with Gasteiger partial charge in [0.1, 0.15) is 17.0 Å². The number of amides is 3. The fraction of sp³-hybridized carbons (Fsp3) is 0.478. The van der Waals surface area contributed by atoms with Crippen molar-refractivity contribution in [3.8, 4) is 5.75 Å². The van der Waals surface area contributed by atoms with Crippen molar-refractivity contribution in [3.63, 3.8) is 0 Å². The zero-order valence-corrected chi connectivity index (χ0v) is 18.7. The molecule has 3 amide bonds. The molecule has 2 aromatic rings. The van der Waals surface area contributed by atoms with Gasteiger partial charge < -0.3 is 20.3 Å². The molecule has 0 bridgehead atoms. The minimum absolute atomic E-state index is 0.113. The summed E-state index contributed by atoms with van der Waals surface area (Å²) in [4.78, 5) is 40.4. The van der Waals surface area contributed by atoms with Crippen LogP contribution in [0.1, 0.15) is 60.0 Å². The van der Waals surface area contributed by atoms with Gasteiger partial charge in [0.25, 0.3) is 11.8 Å². The summed E-state index contributed by atoms with van der Waals surface area (Å²) in [6.07, 6.45) is 5.32. The number of rotatable bonds is 5. The van der Waals surface area contributed by atoms with E-state index in [9.17, 15) is 14.4 Å². The smallest absolute Gasteiger partial charge is 0.276 e. The molecule has 32 heavy (non-hydrogen) atoms. The van der Waals surface area contributed by atoms with E-state index in [1.54, 1.807) is 45.3 Å². The van der Waals surface area contributed by atoms with Gasteiger partial charge in [-0.3, -0.25) is 19.1 Å². The SMILES string of the molecule is COc1cccc(NC(=O)c2cc3n(n2)C[C@](C)(C(=O)NC2CCCCC2)N(C)C3=O)c1. The van der Waals surface area contributed by atoms with Crippen molar-refractivity contribution in [3.05, 3.63) is 41.7 Å². The zero-order valence-electron chi connectivity index (χ0n) is 18.7. The lowest BCUT2D eigenvalue weighted by Gasteiger charge is -2.41. The van der Waals surface area contributed by atoms with Crippen LogP contribution in [0.25, 0.3) is 0 Å². The minimum atomic E-state index is -1.09. The number of anilines is 1. The Labute approximate surface area is 187 Å². The highest BCUT2D eigenvalue weighted by atomic mass is 16.5. The molecule has 170 valence electrons. The lowest BCUT2D eigenvalue weighted by atomic mass is 9.92. The summed E-state index contributed by atoms with van der Waals surface area (Å²) in [6, 6.07) is 8.58. The van der Waals surface area contributed by atoms with Crippen molar-refractivity contribution >= 4 is 23.4 Å². The summed E-state index contributed by atoms with van der Waals surface area (Å²) in [7, 11) is 3.17.